The van der Waals surface area contributed by atoms with E-state index in [0.717, 1.165) is 11.1 Å². The van der Waals surface area contributed by atoms with Gasteiger partial charge in [-0.15, -0.1) is 0 Å². The van der Waals surface area contributed by atoms with Crippen LogP contribution in [0.15, 0.2) is 11.6 Å². The number of hydrogen-bond donors (Lipinski definition) is 0. The van der Waals surface area contributed by atoms with Crippen LogP contribution >= 0.6 is 7.84 Å². The second-order valence-electron chi connectivity index (χ2n) is 1.97. The van der Waals surface area contributed by atoms with E-state index in [1.807, 2.05) is 13.8 Å². The quantitative estimate of drug-likeness (QED) is 0.426. The first-order chi connectivity index (χ1) is 8.70. The molecule has 100 valence electrons. The minimum atomic E-state index is -1.37. The van der Waals surface area contributed by atoms with E-state index in [0.29, 0.717) is 0 Å². The second kappa shape index (κ2) is 43.5. The monoisotopic (exact) mass is 454 g/mol. The van der Waals surface area contributed by atoms with Crippen LogP contribution in [-0.2, 0) is 44.3 Å². The summed E-state index contributed by atoms with van der Waals surface area (Å²) in [7, 11) is -1.37. The topological polar surface area (TPSA) is 99.5 Å². The van der Waals surface area contributed by atoms with Crippen molar-refractivity contribution in [3.05, 3.63) is 56.0 Å². The molecule has 0 amide bonds. The number of aryl methyl sites for hydroxylation is 2. The van der Waals surface area contributed by atoms with Crippen LogP contribution in [0.4, 0.5) is 4.20 Å². The molecule has 0 bridgehead atoms. The third-order valence-corrected chi connectivity index (χ3v) is 2.52. The molecule has 0 aliphatic carbocycles. The molecule has 1 heterocycles. The summed E-state index contributed by atoms with van der Waals surface area (Å²) in [4.78, 5) is 0. The molecule has 0 atom stereocenters. The molecule has 0 saturated heterocycles. The third-order valence-electron chi connectivity index (χ3n) is 1.26. The van der Waals surface area contributed by atoms with E-state index in [4.69, 9.17) is 23.3 Å². The Morgan fingerprint density at radius 3 is 0.947 bits per heavy atom. The minimum Gasteiger partial charge on any atom is 0 e. The van der Waals surface area contributed by atoms with Gasteiger partial charge in [0.05, 0.1) is 7.84 Å². The molecule has 0 unspecified atom stereocenters. The first-order valence-electron chi connectivity index (χ1n) is 3.53. The molecule has 8 heteroatoms. The standard InChI is InChI=1S/C6H8FP.5CO.W/c1-5-3-8(7)4-6(5)2;5*1-2;/h3-4H,1-2H3;;;;;;. The SMILES string of the molecule is Cc1cp(F)cc1C.[C-]#[O+].[C-]#[O+].[C-]#[O+].[C-]#[O+].[C-]#[O+].[W]. The van der Waals surface area contributed by atoms with E-state index in [9.17, 15) is 4.20 Å². The molecule has 0 fully saturated rings. The van der Waals surface area contributed by atoms with E-state index in [1.165, 1.54) is 0 Å². The average Bonchev–Trinajstić information content (AvgIpc) is 2.78. The zero-order chi connectivity index (χ0) is 16.1. The predicted octanol–water partition coefficient (Wildman–Crippen LogP) is 2.83. The van der Waals surface area contributed by atoms with Crippen LogP contribution in [0.2, 0.25) is 0 Å². The van der Waals surface area contributed by atoms with Crippen LogP contribution in [0, 0.1) is 47.1 Å². The van der Waals surface area contributed by atoms with E-state index in [-0.39, 0.29) is 21.1 Å². The van der Waals surface area contributed by atoms with Crippen LogP contribution in [0.5, 0.6) is 0 Å². The number of hydrogen-bond acceptors (Lipinski definition) is 0. The van der Waals surface area contributed by atoms with E-state index >= 15 is 0 Å². The van der Waals surface area contributed by atoms with Crippen molar-refractivity contribution in [1.29, 1.82) is 0 Å². The van der Waals surface area contributed by atoms with Crippen molar-refractivity contribution >= 4 is 7.84 Å². The zero-order valence-corrected chi connectivity index (χ0v) is 13.8. The van der Waals surface area contributed by atoms with E-state index in [1.54, 1.807) is 11.6 Å². The summed E-state index contributed by atoms with van der Waals surface area (Å²) >= 11 is 0. The molecule has 0 aromatic carbocycles. The summed E-state index contributed by atoms with van der Waals surface area (Å²) in [5.41, 5.74) is 2.19. The van der Waals surface area contributed by atoms with Gasteiger partial charge >= 0.3 is 56.5 Å². The van der Waals surface area contributed by atoms with Gasteiger partial charge in [0, 0.05) is 21.1 Å². The van der Waals surface area contributed by atoms with E-state index in [2.05, 4.69) is 33.3 Å². The van der Waals surface area contributed by atoms with Crippen molar-refractivity contribution in [3.63, 3.8) is 0 Å². The van der Waals surface area contributed by atoms with Gasteiger partial charge in [0.2, 0.25) is 0 Å². The molecule has 0 aliphatic heterocycles. The maximum Gasteiger partial charge on any atom is 0 e. The van der Waals surface area contributed by atoms with Gasteiger partial charge in [-0.25, -0.2) is 0 Å². The molecular weight excluding hydrogens is 446 g/mol. The van der Waals surface area contributed by atoms with Crippen molar-refractivity contribution in [1.82, 2.24) is 0 Å². The van der Waals surface area contributed by atoms with Gasteiger partial charge in [-0.05, 0) is 36.6 Å². The third kappa shape index (κ3) is 31.6. The van der Waals surface area contributed by atoms with Gasteiger partial charge in [0.15, 0.2) is 0 Å². The predicted molar refractivity (Wildman–Crippen MR) is 54.8 cm³/mol. The molecule has 1 rings (SSSR count). The van der Waals surface area contributed by atoms with E-state index < -0.39 is 7.84 Å². The van der Waals surface area contributed by atoms with Crippen molar-refractivity contribution in [2.75, 3.05) is 0 Å². The Morgan fingerprint density at radius 2 is 0.895 bits per heavy atom. The average molecular weight is 454 g/mol. The molecule has 0 saturated carbocycles. The molecule has 19 heavy (non-hydrogen) atoms. The van der Waals surface area contributed by atoms with Crippen molar-refractivity contribution in [3.8, 4) is 0 Å². The first-order valence-corrected chi connectivity index (χ1v) is 4.90. The van der Waals surface area contributed by atoms with Gasteiger partial charge in [-0.2, -0.15) is 4.20 Å². The Balaban J connectivity index is -0.0000000332. The fourth-order valence-electron chi connectivity index (χ4n) is 0.611. The molecule has 0 aliphatic rings. The summed E-state index contributed by atoms with van der Waals surface area (Å²) in [5, 5.41) is 0. The second-order valence-corrected chi connectivity index (χ2v) is 3.17. The molecule has 1 aromatic rings. The fourth-order valence-corrected chi connectivity index (χ4v) is 1.83. The summed E-state index contributed by atoms with van der Waals surface area (Å²) in [6, 6.07) is 0. The summed E-state index contributed by atoms with van der Waals surface area (Å²) < 4.78 is 49.8. The van der Waals surface area contributed by atoms with Gasteiger partial charge in [-0.1, -0.05) is 0 Å². The van der Waals surface area contributed by atoms with Crippen LogP contribution in [-0.4, -0.2) is 0 Å². The van der Waals surface area contributed by atoms with Crippen molar-refractivity contribution < 1.29 is 48.5 Å². The molecule has 5 nitrogen and oxygen atoms in total. The van der Waals surface area contributed by atoms with Gasteiger partial charge in [-0.3, -0.25) is 0 Å². The Kier molecular flexibility index (Phi) is 82.7. The van der Waals surface area contributed by atoms with Gasteiger partial charge in [0.1, 0.15) is 0 Å². The maximum atomic E-state index is 12.3. The van der Waals surface area contributed by atoms with Gasteiger partial charge < -0.3 is 0 Å². The Labute approximate surface area is 126 Å². The molecule has 0 N–H and O–H groups in total. The minimum absolute atomic E-state index is 0. The summed E-state index contributed by atoms with van der Waals surface area (Å²) in [5.74, 6) is 3.37. The number of halogens is 1. The van der Waals surface area contributed by atoms with Crippen molar-refractivity contribution in [2.24, 2.45) is 0 Å². The van der Waals surface area contributed by atoms with Crippen molar-refractivity contribution in [2.45, 2.75) is 13.8 Å². The molecule has 0 spiro atoms. The zero-order valence-electron chi connectivity index (χ0n) is 9.93. The van der Waals surface area contributed by atoms with Gasteiger partial charge in [0.25, 0.3) is 0 Å². The molecular formula is C11H8FO5PW. The molecule has 0 radical (unpaired) electrons. The normalized spacial score (nSPS) is 4.68. The van der Waals surface area contributed by atoms with Crippen LogP contribution in [0.3, 0.4) is 0 Å². The van der Waals surface area contributed by atoms with Crippen LogP contribution in [0.25, 0.3) is 0 Å². The first kappa shape index (κ1) is 36.1. The Morgan fingerprint density at radius 1 is 0.737 bits per heavy atom. The van der Waals surface area contributed by atoms with Crippen LogP contribution in [0.1, 0.15) is 11.1 Å². The molecule has 1 aromatic heterocycles. The maximum absolute atomic E-state index is 12.3. The fraction of sp³-hybridized carbons (Fsp3) is 0.182. The van der Waals surface area contributed by atoms with Crippen LogP contribution < -0.4 is 0 Å². The summed E-state index contributed by atoms with van der Waals surface area (Å²) in [6.07, 6.45) is 0. The smallest absolute Gasteiger partial charge is 0 e. The number of rotatable bonds is 0. The summed E-state index contributed by atoms with van der Waals surface area (Å²) in [6.45, 7) is 26.4. The Bertz CT molecular complexity index is 324. The largest absolute Gasteiger partial charge is 0 e. The Hall–Kier alpha value is -0.902.